The van der Waals surface area contributed by atoms with Crippen molar-refractivity contribution < 1.29 is 19.5 Å². The number of aromatic amines is 1. The molecule has 0 radical (unpaired) electrons. The molecule has 0 saturated carbocycles. The van der Waals surface area contributed by atoms with E-state index in [-0.39, 0.29) is 23.2 Å². The molecular formula is C21H17N3O4. The fraction of sp³-hybridized carbons (Fsp3) is 0.190. The lowest BCUT2D eigenvalue weighted by Gasteiger charge is -2.33. The average molecular weight is 375 g/mol. The lowest BCUT2D eigenvalue weighted by molar-refractivity contribution is -0.120. The van der Waals surface area contributed by atoms with Gasteiger partial charge in [-0.1, -0.05) is 30.3 Å². The van der Waals surface area contributed by atoms with E-state index < -0.39 is 18.0 Å². The maximum atomic E-state index is 13.2. The van der Waals surface area contributed by atoms with Gasteiger partial charge >= 0.3 is 12.0 Å². The van der Waals surface area contributed by atoms with Crippen molar-refractivity contribution in [3.63, 3.8) is 0 Å². The number of carbonyl (C=O) groups excluding carboxylic acids is 2. The number of aromatic carboxylic acids is 1. The Labute approximate surface area is 160 Å². The fourth-order valence-electron chi connectivity index (χ4n) is 4.43. The highest BCUT2D eigenvalue weighted by molar-refractivity contribution is 6.23. The van der Waals surface area contributed by atoms with Gasteiger partial charge in [0.2, 0.25) is 0 Å². The Bertz CT molecular complexity index is 1170. The number of H-pyrrole nitrogens is 1. The molecule has 2 aromatic carbocycles. The normalized spacial score (nSPS) is 21.2. The number of carboxylic acids is 1. The van der Waals surface area contributed by atoms with E-state index in [1.807, 2.05) is 31.2 Å². The van der Waals surface area contributed by atoms with Gasteiger partial charge in [-0.2, -0.15) is 0 Å². The van der Waals surface area contributed by atoms with Crippen molar-refractivity contribution in [3.8, 4) is 0 Å². The van der Waals surface area contributed by atoms with Crippen LogP contribution in [0, 0.1) is 0 Å². The van der Waals surface area contributed by atoms with Gasteiger partial charge in [-0.3, -0.25) is 4.79 Å². The second-order valence-corrected chi connectivity index (χ2v) is 7.14. The molecule has 3 heterocycles. The largest absolute Gasteiger partial charge is 0.478 e. The van der Waals surface area contributed by atoms with Crippen LogP contribution in [0.4, 0.5) is 10.5 Å². The molecule has 2 aliphatic heterocycles. The number of urea groups is 1. The maximum absolute atomic E-state index is 13.2. The Balaban J connectivity index is 1.62. The minimum Gasteiger partial charge on any atom is -0.478 e. The third kappa shape index (κ3) is 2.07. The Morgan fingerprint density at radius 1 is 1.11 bits per heavy atom. The summed E-state index contributed by atoms with van der Waals surface area (Å²) in [6.07, 6.45) is 0.403. The number of carboxylic acid groups (broad SMARTS) is 1. The van der Waals surface area contributed by atoms with Crippen molar-refractivity contribution in [2.75, 3.05) is 4.90 Å². The molecule has 3 aromatic rings. The molecule has 1 fully saturated rings. The van der Waals surface area contributed by atoms with Gasteiger partial charge in [-0.15, -0.1) is 0 Å². The molecule has 0 spiro atoms. The molecule has 3 amide bonds. The number of carbonyl (C=O) groups is 3. The summed E-state index contributed by atoms with van der Waals surface area (Å²) in [5.41, 5.74) is 2.99. The van der Waals surface area contributed by atoms with E-state index in [0.717, 1.165) is 27.1 Å². The molecule has 7 nitrogen and oxygen atoms in total. The fourth-order valence-corrected chi connectivity index (χ4v) is 4.43. The van der Waals surface area contributed by atoms with E-state index in [1.165, 1.54) is 12.1 Å². The van der Waals surface area contributed by atoms with Gasteiger partial charge < -0.3 is 15.0 Å². The van der Waals surface area contributed by atoms with Crippen LogP contribution in [0.25, 0.3) is 10.9 Å². The van der Waals surface area contributed by atoms with Crippen LogP contribution in [0.5, 0.6) is 0 Å². The second kappa shape index (κ2) is 5.69. The van der Waals surface area contributed by atoms with Crippen molar-refractivity contribution in [3.05, 3.63) is 65.4 Å². The lowest BCUT2D eigenvalue weighted by Crippen LogP contribution is -2.42. The monoisotopic (exact) mass is 375 g/mol. The van der Waals surface area contributed by atoms with E-state index in [2.05, 4.69) is 4.98 Å². The lowest BCUT2D eigenvalue weighted by atomic mass is 9.93. The number of anilines is 1. The minimum absolute atomic E-state index is 0.0688. The summed E-state index contributed by atoms with van der Waals surface area (Å²) < 4.78 is 0. The zero-order chi connectivity index (χ0) is 19.6. The number of imide groups is 1. The molecular weight excluding hydrogens is 358 g/mol. The van der Waals surface area contributed by atoms with Gasteiger partial charge in [-0.25, -0.2) is 14.5 Å². The summed E-state index contributed by atoms with van der Waals surface area (Å²) >= 11 is 0. The first-order valence-corrected chi connectivity index (χ1v) is 9.07. The summed E-state index contributed by atoms with van der Waals surface area (Å²) in [5, 5.41) is 10.5. The van der Waals surface area contributed by atoms with Crippen LogP contribution in [0.1, 0.15) is 34.6 Å². The van der Waals surface area contributed by atoms with E-state index in [4.69, 9.17) is 0 Å². The van der Waals surface area contributed by atoms with Crippen LogP contribution in [0.3, 0.4) is 0 Å². The number of hydrogen-bond donors (Lipinski definition) is 2. The van der Waals surface area contributed by atoms with E-state index >= 15 is 0 Å². The van der Waals surface area contributed by atoms with Crippen LogP contribution in [0.2, 0.25) is 0 Å². The predicted octanol–water partition coefficient (Wildman–Crippen LogP) is 3.32. The Kier molecular flexibility index (Phi) is 3.37. The third-order valence-electron chi connectivity index (χ3n) is 5.71. The van der Waals surface area contributed by atoms with E-state index in [0.29, 0.717) is 6.42 Å². The topological polar surface area (TPSA) is 93.7 Å². The van der Waals surface area contributed by atoms with Crippen molar-refractivity contribution >= 4 is 34.5 Å². The SMILES string of the molecule is CC1c2[nH]c3ccccc3c2CC2C(=O)N(c3ccccc3C(=O)O)C(=O)N21. The zero-order valence-electron chi connectivity index (χ0n) is 15.0. The summed E-state index contributed by atoms with van der Waals surface area (Å²) in [7, 11) is 0. The number of amides is 3. The Morgan fingerprint density at radius 2 is 1.82 bits per heavy atom. The Morgan fingerprint density at radius 3 is 2.61 bits per heavy atom. The number of rotatable bonds is 2. The van der Waals surface area contributed by atoms with E-state index in [1.54, 1.807) is 17.0 Å². The number of nitrogens with zero attached hydrogens (tertiary/aromatic N) is 2. The summed E-state index contributed by atoms with van der Waals surface area (Å²) in [4.78, 5) is 43.9. The van der Waals surface area contributed by atoms with Crippen LogP contribution in [-0.2, 0) is 11.2 Å². The minimum atomic E-state index is -1.18. The highest BCUT2D eigenvalue weighted by Gasteiger charge is 2.52. The number of aromatic nitrogens is 1. The molecule has 1 saturated heterocycles. The zero-order valence-corrected chi connectivity index (χ0v) is 15.0. The number of nitrogens with one attached hydrogen (secondary N) is 1. The number of benzene rings is 2. The molecule has 5 rings (SSSR count). The highest BCUT2D eigenvalue weighted by atomic mass is 16.4. The van der Waals surface area contributed by atoms with Gasteiger partial charge in [-0.05, 0) is 30.7 Å². The molecule has 140 valence electrons. The summed E-state index contributed by atoms with van der Waals surface area (Å²) in [6, 6.07) is 12.5. The highest BCUT2D eigenvalue weighted by Crippen LogP contribution is 2.42. The van der Waals surface area contributed by atoms with E-state index in [9.17, 15) is 19.5 Å². The van der Waals surface area contributed by atoms with Crippen LogP contribution in [0.15, 0.2) is 48.5 Å². The third-order valence-corrected chi connectivity index (χ3v) is 5.71. The Hall–Kier alpha value is -3.61. The summed E-state index contributed by atoms with van der Waals surface area (Å²) in [5.74, 6) is -1.56. The molecule has 7 heteroatoms. The molecule has 2 atom stereocenters. The maximum Gasteiger partial charge on any atom is 0.337 e. The first-order valence-electron chi connectivity index (χ1n) is 9.07. The first kappa shape index (κ1) is 16.6. The quantitative estimate of drug-likeness (QED) is 0.672. The smallest absolute Gasteiger partial charge is 0.337 e. The van der Waals surface area contributed by atoms with Gasteiger partial charge in [0.1, 0.15) is 6.04 Å². The molecule has 28 heavy (non-hydrogen) atoms. The molecule has 2 aliphatic rings. The average Bonchev–Trinajstić information content (AvgIpc) is 3.18. The number of hydrogen-bond acceptors (Lipinski definition) is 3. The van der Waals surface area contributed by atoms with Gasteiger partial charge in [0, 0.05) is 23.0 Å². The molecule has 2 unspecified atom stereocenters. The van der Waals surface area contributed by atoms with Crippen molar-refractivity contribution in [2.45, 2.75) is 25.4 Å². The van der Waals surface area contributed by atoms with Crippen molar-refractivity contribution in [1.82, 2.24) is 9.88 Å². The number of para-hydroxylation sites is 2. The molecule has 1 aromatic heterocycles. The van der Waals surface area contributed by atoms with Gasteiger partial charge in [0.15, 0.2) is 0 Å². The molecule has 0 aliphatic carbocycles. The van der Waals surface area contributed by atoms with Crippen LogP contribution >= 0.6 is 0 Å². The van der Waals surface area contributed by atoms with Gasteiger partial charge in [0.25, 0.3) is 5.91 Å². The predicted molar refractivity (Wildman–Crippen MR) is 102 cm³/mol. The van der Waals surface area contributed by atoms with Crippen molar-refractivity contribution in [2.24, 2.45) is 0 Å². The summed E-state index contributed by atoms with van der Waals surface area (Å²) in [6.45, 7) is 1.89. The molecule has 2 N–H and O–H groups in total. The second-order valence-electron chi connectivity index (χ2n) is 7.14. The standard InChI is InChI=1S/C21H17N3O4/c1-11-18-14(12-6-2-4-8-15(12)22-18)10-17-19(25)24(21(28)23(11)17)16-9-5-3-7-13(16)20(26)27/h2-9,11,17,22H,10H2,1H3,(H,26,27). The van der Waals surface area contributed by atoms with Crippen LogP contribution < -0.4 is 4.90 Å². The number of fused-ring (bicyclic) bond motifs is 4. The van der Waals surface area contributed by atoms with Crippen LogP contribution in [-0.4, -0.2) is 38.9 Å². The van der Waals surface area contributed by atoms with Crippen molar-refractivity contribution in [1.29, 1.82) is 0 Å². The first-order chi connectivity index (χ1) is 13.5. The molecule has 0 bridgehead atoms. The van der Waals surface area contributed by atoms with Gasteiger partial charge in [0.05, 0.1) is 17.3 Å².